The van der Waals surface area contributed by atoms with Gasteiger partial charge in [-0.15, -0.1) is 0 Å². The fourth-order valence-corrected chi connectivity index (χ4v) is 2.65. The molecule has 1 aromatic heterocycles. The first-order valence-electron chi connectivity index (χ1n) is 7.16. The molecule has 3 rings (SSSR count). The minimum Gasteiger partial charge on any atom is -0.497 e. The Morgan fingerprint density at radius 3 is 2.82 bits per heavy atom. The number of halogens is 1. The summed E-state index contributed by atoms with van der Waals surface area (Å²) in [6, 6.07) is 5.31. The molecule has 0 N–H and O–H groups in total. The summed E-state index contributed by atoms with van der Waals surface area (Å²) < 4.78 is 15.6. The second-order valence-electron chi connectivity index (χ2n) is 5.11. The Morgan fingerprint density at radius 2 is 2.23 bits per heavy atom. The first-order chi connectivity index (χ1) is 10.7. The average Bonchev–Trinajstić information content (AvgIpc) is 3.26. The molecule has 1 aliphatic rings. The molecule has 0 spiro atoms. The smallest absolute Gasteiger partial charge is 0.360 e. The molecule has 22 heavy (non-hydrogen) atoms. The summed E-state index contributed by atoms with van der Waals surface area (Å²) in [5, 5.41) is 4.41. The van der Waals surface area contributed by atoms with Crippen LogP contribution in [-0.4, -0.2) is 24.8 Å². The zero-order valence-electron chi connectivity index (χ0n) is 12.4. The Hall–Kier alpha value is -2.01. The van der Waals surface area contributed by atoms with Crippen molar-refractivity contribution in [1.82, 2.24) is 5.16 Å². The van der Waals surface area contributed by atoms with Crippen LogP contribution in [0.2, 0.25) is 5.02 Å². The van der Waals surface area contributed by atoms with E-state index < -0.39 is 5.97 Å². The van der Waals surface area contributed by atoms with Crippen molar-refractivity contribution in [3.05, 3.63) is 34.5 Å². The van der Waals surface area contributed by atoms with Crippen LogP contribution < -0.4 is 4.74 Å². The molecule has 6 heteroatoms. The van der Waals surface area contributed by atoms with Crippen molar-refractivity contribution in [3.63, 3.8) is 0 Å². The molecule has 0 amide bonds. The van der Waals surface area contributed by atoms with Gasteiger partial charge in [-0.3, -0.25) is 0 Å². The standard InChI is InChI=1S/C16H16ClNO4/c1-3-21-16(19)14-13(9-4-5-9)15(22-18-14)11-7-6-10(20-2)8-12(11)17/h6-9H,3-5H2,1-2H3. The third-order valence-electron chi connectivity index (χ3n) is 3.60. The predicted octanol–water partition coefficient (Wildman–Crippen LogP) is 4.06. The number of rotatable bonds is 5. The molecular weight excluding hydrogens is 306 g/mol. The molecule has 0 bridgehead atoms. The van der Waals surface area contributed by atoms with E-state index in [2.05, 4.69) is 5.16 Å². The Labute approximate surface area is 133 Å². The number of hydrogen-bond donors (Lipinski definition) is 0. The molecule has 0 radical (unpaired) electrons. The summed E-state index contributed by atoms with van der Waals surface area (Å²) in [6.45, 7) is 2.06. The number of carbonyl (C=O) groups excluding carboxylic acids is 1. The molecule has 0 unspecified atom stereocenters. The molecule has 1 aliphatic carbocycles. The van der Waals surface area contributed by atoms with Gasteiger partial charge in [0.2, 0.25) is 0 Å². The molecule has 5 nitrogen and oxygen atoms in total. The summed E-state index contributed by atoms with van der Waals surface area (Å²) >= 11 is 6.31. The molecule has 1 fully saturated rings. The first-order valence-corrected chi connectivity index (χ1v) is 7.54. The van der Waals surface area contributed by atoms with E-state index in [1.807, 2.05) is 6.07 Å². The topological polar surface area (TPSA) is 61.6 Å². The molecule has 0 aliphatic heterocycles. The summed E-state index contributed by atoms with van der Waals surface area (Å²) in [7, 11) is 1.58. The normalized spacial score (nSPS) is 14.0. The maximum atomic E-state index is 12.0. The monoisotopic (exact) mass is 321 g/mol. The van der Waals surface area contributed by atoms with Gasteiger partial charge in [-0.25, -0.2) is 4.79 Å². The molecule has 1 heterocycles. The second kappa shape index (κ2) is 6.01. The number of nitrogens with zero attached hydrogens (tertiary/aromatic N) is 1. The number of aromatic nitrogens is 1. The lowest BCUT2D eigenvalue weighted by Crippen LogP contribution is -2.07. The lowest BCUT2D eigenvalue weighted by atomic mass is 10.0. The van der Waals surface area contributed by atoms with E-state index >= 15 is 0 Å². The number of esters is 1. The van der Waals surface area contributed by atoms with Crippen molar-refractivity contribution in [2.45, 2.75) is 25.7 Å². The quantitative estimate of drug-likeness (QED) is 0.777. The van der Waals surface area contributed by atoms with Crippen LogP contribution in [0.5, 0.6) is 5.75 Å². The SMILES string of the molecule is CCOC(=O)c1noc(-c2ccc(OC)cc2Cl)c1C1CC1. The van der Waals surface area contributed by atoms with Crippen LogP contribution >= 0.6 is 11.6 Å². The first kappa shape index (κ1) is 14.9. The van der Waals surface area contributed by atoms with Gasteiger partial charge in [0.1, 0.15) is 5.75 Å². The minimum atomic E-state index is -0.455. The van der Waals surface area contributed by atoms with Crippen LogP contribution in [0.4, 0.5) is 0 Å². The van der Waals surface area contributed by atoms with Gasteiger partial charge in [0.25, 0.3) is 0 Å². The van der Waals surface area contributed by atoms with Crippen molar-refractivity contribution in [2.24, 2.45) is 0 Å². The highest BCUT2D eigenvalue weighted by Gasteiger charge is 2.36. The molecule has 2 aromatic rings. The van der Waals surface area contributed by atoms with Gasteiger partial charge in [-0.1, -0.05) is 16.8 Å². The molecular formula is C16H16ClNO4. The highest BCUT2D eigenvalue weighted by atomic mass is 35.5. The lowest BCUT2D eigenvalue weighted by Gasteiger charge is -2.06. The van der Waals surface area contributed by atoms with Crippen molar-refractivity contribution < 1.29 is 18.8 Å². The van der Waals surface area contributed by atoms with Crippen LogP contribution in [0.1, 0.15) is 41.7 Å². The minimum absolute atomic E-state index is 0.256. The predicted molar refractivity (Wildman–Crippen MR) is 81.4 cm³/mol. The van der Waals surface area contributed by atoms with Gasteiger partial charge in [-0.2, -0.15) is 0 Å². The number of benzene rings is 1. The van der Waals surface area contributed by atoms with Crippen molar-refractivity contribution in [2.75, 3.05) is 13.7 Å². The van der Waals surface area contributed by atoms with E-state index in [-0.39, 0.29) is 11.6 Å². The maximum Gasteiger partial charge on any atom is 0.360 e. The average molecular weight is 322 g/mol. The highest BCUT2D eigenvalue weighted by Crippen LogP contribution is 2.47. The zero-order chi connectivity index (χ0) is 15.7. The van der Waals surface area contributed by atoms with Crippen molar-refractivity contribution >= 4 is 17.6 Å². The summed E-state index contributed by atoms with van der Waals surface area (Å²) in [6.07, 6.45) is 2.02. The number of methoxy groups -OCH3 is 1. The molecule has 0 saturated heterocycles. The third-order valence-corrected chi connectivity index (χ3v) is 3.92. The molecule has 1 saturated carbocycles. The van der Waals surface area contributed by atoms with Crippen LogP contribution in [0.15, 0.2) is 22.7 Å². The number of hydrogen-bond acceptors (Lipinski definition) is 5. The second-order valence-corrected chi connectivity index (χ2v) is 5.52. The van der Waals surface area contributed by atoms with Gasteiger partial charge in [0.05, 0.1) is 18.7 Å². The van der Waals surface area contributed by atoms with Gasteiger partial charge in [-0.05, 0) is 43.9 Å². The van der Waals surface area contributed by atoms with E-state index in [1.165, 1.54) is 0 Å². The fourth-order valence-electron chi connectivity index (χ4n) is 2.40. The van der Waals surface area contributed by atoms with Gasteiger partial charge in [0, 0.05) is 11.1 Å². The van der Waals surface area contributed by atoms with E-state index in [0.717, 1.165) is 18.4 Å². The maximum absolute atomic E-state index is 12.0. The third kappa shape index (κ3) is 2.68. The van der Waals surface area contributed by atoms with Gasteiger partial charge < -0.3 is 14.0 Å². The Morgan fingerprint density at radius 1 is 1.45 bits per heavy atom. The Kier molecular flexibility index (Phi) is 4.07. The summed E-state index contributed by atoms with van der Waals surface area (Å²) in [5.41, 5.74) is 1.75. The largest absolute Gasteiger partial charge is 0.497 e. The summed E-state index contributed by atoms with van der Waals surface area (Å²) in [4.78, 5) is 12.0. The van der Waals surface area contributed by atoms with E-state index in [1.54, 1.807) is 26.2 Å². The van der Waals surface area contributed by atoms with Crippen molar-refractivity contribution in [3.8, 4) is 17.1 Å². The van der Waals surface area contributed by atoms with Crippen LogP contribution in [0.3, 0.4) is 0 Å². The fraction of sp³-hybridized carbons (Fsp3) is 0.375. The number of ether oxygens (including phenoxy) is 2. The molecule has 1 aromatic carbocycles. The van der Waals surface area contributed by atoms with Crippen LogP contribution in [-0.2, 0) is 4.74 Å². The van der Waals surface area contributed by atoms with Crippen molar-refractivity contribution in [1.29, 1.82) is 0 Å². The summed E-state index contributed by atoms with van der Waals surface area (Å²) in [5.74, 6) is 1.02. The Bertz CT molecular complexity index is 706. The zero-order valence-corrected chi connectivity index (χ0v) is 13.1. The van der Waals surface area contributed by atoms with E-state index in [0.29, 0.717) is 28.7 Å². The van der Waals surface area contributed by atoms with Crippen LogP contribution in [0.25, 0.3) is 11.3 Å². The highest BCUT2D eigenvalue weighted by molar-refractivity contribution is 6.33. The van der Waals surface area contributed by atoms with Gasteiger partial charge >= 0.3 is 5.97 Å². The van der Waals surface area contributed by atoms with Gasteiger partial charge in [0.15, 0.2) is 11.5 Å². The lowest BCUT2D eigenvalue weighted by molar-refractivity contribution is 0.0513. The molecule has 116 valence electrons. The Balaban J connectivity index is 2.06. The van der Waals surface area contributed by atoms with Crippen LogP contribution in [0, 0.1) is 0 Å². The van der Waals surface area contributed by atoms with E-state index in [4.69, 9.17) is 25.6 Å². The molecule has 0 atom stereocenters. The number of carbonyl (C=O) groups is 1. The van der Waals surface area contributed by atoms with E-state index in [9.17, 15) is 4.79 Å².